The molecule has 4 aromatic carbocycles. The van der Waals surface area contributed by atoms with E-state index in [9.17, 15) is 19.7 Å². The number of benzene rings is 4. The first kappa shape index (κ1) is 49.2. The molecule has 4 aromatic rings. The molecule has 0 aliphatic rings. The molecular formula is C34H38Br4Cl2N4O6Sn. The molecule has 10 nitrogen and oxygen atoms in total. The molecular weight excluding hydrogens is 1070 g/mol. The maximum absolute atomic E-state index is 12.0. The third-order valence-corrected chi connectivity index (χ3v) is 10.2. The van der Waals surface area contributed by atoms with Gasteiger partial charge in [0.25, 0.3) is 5.69 Å². The summed E-state index contributed by atoms with van der Waals surface area (Å²) in [6.07, 6.45) is 1.98. The molecule has 0 fully saturated rings. The first-order valence-corrected chi connectivity index (χ1v) is 25.1. The van der Waals surface area contributed by atoms with Crippen LogP contribution in [0.1, 0.15) is 33.4 Å². The van der Waals surface area contributed by atoms with E-state index < -0.39 is 23.8 Å². The van der Waals surface area contributed by atoms with E-state index in [-0.39, 0.29) is 34.9 Å². The summed E-state index contributed by atoms with van der Waals surface area (Å²) in [6, 6.07) is 22.0. The van der Waals surface area contributed by atoms with Crippen molar-refractivity contribution >= 4 is 124 Å². The number of anilines is 1. The molecule has 0 aromatic heterocycles. The van der Waals surface area contributed by atoms with Gasteiger partial charge >= 0.3 is 36.7 Å². The van der Waals surface area contributed by atoms with E-state index in [0.717, 1.165) is 63.4 Å². The number of nitrogen functional groups attached to an aromatic ring is 1. The van der Waals surface area contributed by atoms with Gasteiger partial charge in [0.2, 0.25) is 11.8 Å². The Kier molecular flexibility index (Phi) is 25.2. The molecule has 8 N–H and O–H groups in total. The fraction of sp³-hybridized carbons (Fsp3) is 0.235. The Morgan fingerprint density at radius 1 is 0.706 bits per heavy atom. The van der Waals surface area contributed by atoms with Gasteiger partial charge in [0, 0.05) is 48.8 Å². The number of nitrogens with zero attached hydrogens (tertiary/aromatic N) is 1. The molecule has 0 saturated carbocycles. The van der Waals surface area contributed by atoms with E-state index in [2.05, 4.69) is 74.4 Å². The summed E-state index contributed by atoms with van der Waals surface area (Å²) in [5.41, 5.74) is 12.6. The van der Waals surface area contributed by atoms with E-state index in [1.165, 1.54) is 12.1 Å². The van der Waals surface area contributed by atoms with Gasteiger partial charge in [0.1, 0.15) is 0 Å². The Bertz CT molecular complexity index is 1710. The maximum atomic E-state index is 12.0. The summed E-state index contributed by atoms with van der Waals surface area (Å²) >= 11 is 13.1. The van der Waals surface area contributed by atoms with Crippen LogP contribution in [-0.4, -0.2) is 59.7 Å². The number of halogens is 6. The average molecular weight is 1110 g/mol. The van der Waals surface area contributed by atoms with E-state index >= 15 is 0 Å². The van der Waals surface area contributed by atoms with Crippen molar-refractivity contribution in [3.8, 4) is 0 Å². The normalized spacial score (nSPS) is 9.80. The van der Waals surface area contributed by atoms with Gasteiger partial charge < -0.3 is 27.3 Å². The fourth-order valence-electron chi connectivity index (χ4n) is 4.36. The first-order chi connectivity index (χ1) is 23.2. The van der Waals surface area contributed by atoms with Gasteiger partial charge in [-0.2, -0.15) is 0 Å². The topological polar surface area (TPSA) is 190 Å². The van der Waals surface area contributed by atoms with Crippen LogP contribution in [0.4, 0.5) is 11.4 Å². The molecule has 0 atom stereocenters. The Hall–Kier alpha value is -1.76. The number of hydrogen-bond donors (Lipinski definition) is 3. The Morgan fingerprint density at radius 3 is 1.45 bits per heavy atom. The van der Waals surface area contributed by atoms with Crippen molar-refractivity contribution in [2.24, 2.45) is 0 Å². The van der Waals surface area contributed by atoms with Crippen LogP contribution in [0.15, 0.2) is 90.7 Å². The van der Waals surface area contributed by atoms with Crippen LogP contribution in [0.5, 0.6) is 0 Å². The van der Waals surface area contributed by atoms with Gasteiger partial charge in [0.15, 0.2) is 0 Å². The number of carbonyl (C=O) groups is 2. The van der Waals surface area contributed by atoms with Crippen molar-refractivity contribution in [1.29, 1.82) is 0 Å². The van der Waals surface area contributed by atoms with Gasteiger partial charge in [-0.3, -0.25) is 19.7 Å². The molecule has 0 aliphatic carbocycles. The zero-order chi connectivity index (χ0) is 36.5. The Morgan fingerprint density at radius 2 is 1.08 bits per heavy atom. The number of hydrogen-bond acceptors (Lipinski definition) is 5. The number of rotatable bonds is 11. The summed E-state index contributed by atoms with van der Waals surface area (Å²) in [5, 5.41) is 16.5. The van der Waals surface area contributed by atoms with Crippen LogP contribution >= 0.6 is 81.6 Å². The SMILES string of the molecule is Cc1c(Br)cc(CC(=O)NCCc2cccc(N)c2)cc1Br.Cc1c(Br)cc(CC(=O)NCCc2cccc([N+](=O)[O-])c2)cc1Br.O.O.[Cl][Sn][Cl]. The zero-order valence-corrected chi connectivity index (χ0v) is 38.3. The van der Waals surface area contributed by atoms with Crippen molar-refractivity contribution < 1.29 is 25.5 Å². The molecule has 17 heteroatoms. The second-order valence-electron chi connectivity index (χ2n) is 10.7. The number of amides is 2. The van der Waals surface area contributed by atoms with Crippen molar-refractivity contribution in [2.45, 2.75) is 39.5 Å². The van der Waals surface area contributed by atoms with Crippen LogP contribution in [0.2, 0.25) is 0 Å². The molecule has 0 bridgehead atoms. The van der Waals surface area contributed by atoms with Crippen LogP contribution in [-0.2, 0) is 35.3 Å². The van der Waals surface area contributed by atoms with Crippen molar-refractivity contribution in [3.05, 3.63) is 134 Å². The number of nitrogens with one attached hydrogen (secondary N) is 2. The average Bonchev–Trinajstić information content (AvgIpc) is 3.03. The second kappa shape index (κ2) is 26.1. The third-order valence-electron chi connectivity index (χ3n) is 6.95. The summed E-state index contributed by atoms with van der Waals surface area (Å²) in [7, 11) is 9.87. The van der Waals surface area contributed by atoms with E-state index in [0.29, 0.717) is 25.9 Å². The molecule has 51 heavy (non-hydrogen) atoms. The number of carbonyl (C=O) groups excluding carboxylic acids is 2. The molecule has 4 rings (SSSR count). The van der Waals surface area contributed by atoms with Crippen LogP contribution in [0.25, 0.3) is 0 Å². The predicted molar refractivity (Wildman–Crippen MR) is 223 cm³/mol. The minimum absolute atomic E-state index is 0. The zero-order valence-electron chi connectivity index (χ0n) is 27.6. The molecule has 0 heterocycles. The summed E-state index contributed by atoms with van der Waals surface area (Å²) in [4.78, 5) is 34.4. The molecule has 0 unspecified atom stereocenters. The minimum atomic E-state index is -0.826. The van der Waals surface area contributed by atoms with Crippen molar-refractivity contribution in [1.82, 2.24) is 10.6 Å². The number of nitro groups is 1. The number of non-ortho nitro benzene ring substituents is 1. The summed E-state index contributed by atoms with van der Waals surface area (Å²) < 4.78 is 3.92. The van der Waals surface area contributed by atoms with E-state index in [1.807, 2.05) is 68.4 Å². The first-order valence-electron chi connectivity index (χ1n) is 14.7. The van der Waals surface area contributed by atoms with Gasteiger partial charge in [-0.15, -0.1) is 0 Å². The van der Waals surface area contributed by atoms with Gasteiger partial charge in [-0.1, -0.05) is 88.0 Å². The Labute approximate surface area is 348 Å². The molecule has 0 spiro atoms. The molecule has 276 valence electrons. The van der Waals surface area contributed by atoms with E-state index in [4.69, 9.17) is 23.6 Å². The summed E-state index contributed by atoms with van der Waals surface area (Å²) in [5.74, 6) is -0.0605. The third kappa shape index (κ3) is 18.7. The molecule has 2 amide bonds. The predicted octanol–water partition coefficient (Wildman–Crippen LogP) is 7.68. The second-order valence-corrected chi connectivity index (χ2v) is 18.3. The van der Waals surface area contributed by atoms with Crippen LogP contribution in [0.3, 0.4) is 0 Å². The quantitative estimate of drug-likeness (QED) is 0.0600. The monoisotopic (exact) mass is 1100 g/mol. The Balaban J connectivity index is 0.000000880. The van der Waals surface area contributed by atoms with Gasteiger partial charge in [0.05, 0.1) is 17.8 Å². The fourth-order valence-corrected chi connectivity index (χ4v) is 6.92. The number of nitrogens with two attached hydrogens (primary N) is 1. The molecule has 0 aliphatic heterocycles. The van der Waals surface area contributed by atoms with E-state index in [1.54, 1.807) is 6.07 Å². The van der Waals surface area contributed by atoms with Crippen LogP contribution < -0.4 is 16.4 Å². The molecule has 2 radical (unpaired) electrons. The number of nitro benzene ring substituents is 1. The molecule has 0 saturated heterocycles. The van der Waals surface area contributed by atoms with Crippen LogP contribution in [0, 0.1) is 24.0 Å². The summed E-state index contributed by atoms with van der Waals surface area (Å²) in [6.45, 7) is 5.05. The van der Waals surface area contributed by atoms with Crippen molar-refractivity contribution in [2.75, 3.05) is 18.8 Å². The van der Waals surface area contributed by atoms with Gasteiger partial charge in [-0.25, -0.2) is 0 Å². The van der Waals surface area contributed by atoms with Gasteiger partial charge in [-0.05, 0) is 96.5 Å². The standard InChI is InChI=1S/C17H16Br2N2O3.C17H18Br2N2O.2ClH.2H2O.Sn/c1-11-15(18)8-13(9-16(11)19)10-17(22)20-6-5-12-3-2-4-14(7-12)21(23)24;1-11-15(18)8-13(9-16(11)19)10-17(22)21-6-5-12-3-2-4-14(20)7-12;;;;;/h2-4,7-9H,5-6,10H2,1H3,(H,20,22);2-4,7-9H,5-6,10,20H2,1H3,(H,21,22);2*1H;2*1H2;/q;;;;;;+2/p-2. The van der Waals surface area contributed by atoms with Crippen molar-refractivity contribution in [3.63, 3.8) is 0 Å².